The van der Waals surface area contributed by atoms with E-state index in [1.165, 1.54) is 0 Å². The summed E-state index contributed by atoms with van der Waals surface area (Å²) in [6, 6.07) is 3.83. The van der Waals surface area contributed by atoms with Crippen molar-refractivity contribution < 1.29 is 26.5 Å². The van der Waals surface area contributed by atoms with Gasteiger partial charge < -0.3 is 9.47 Å². The Balaban J connectivity index is 0.000000291. The van der Waals surface area contributed by atoms with Gasteiger partial charge in [-0.05, 0) is 12.1 Å². The molecule has 2 rings (SSSR count). The van der Waals surface area contributed by atoms with E-state index in [4.69, 9.17) is 25.1 Å². The molecule has 122 valence electrons. The number of ether oxygens (including phenoxy) is 2. The lowest BCUT2D eigenvalue weighted by atomic mass is 10.2. The van der Waals surface area contributed by atoms with Crippen molar-refractivity contribution in [2.45, 2.75) is 13.2 Å². The van der Waals surface area contributed by atoms with Gasteiger partial charge in [-0.3, -0.25) is 0 Å². The maximum Gasteiger partial charge on any atom is 0.146 e. The molecule has 2 heterocycles. The van der Waals surface area contributed by atoms with Gasteiger partial charge in [0.05, 0.1) is 33.8 Å². The summed E-state index contributed by atoms with van der Waals surface area (Å²) in [4.78, 5) is 7.00. The highest BCUT2D eigenvalue weighted by molar-refractivity contribution is 6.30. The Bertz CT molecular complexity index is 875. The first kappa shape index (κ1) is 11.4. The number of hydrogen-bond donors (Lipinski definition) is 0. The van der Waals surface area contributed by atoms with E-state index in [0.717, 1.165) is 24.5 Å². The number of methoxy groups -OCH3 is 2. The van der Waals surface area contributed by atoms with Gasteiger partial charge in [0.2, 0.25) is 0 Å². The molecule has 0 aliphatic rings. The topological polar surface area (TPSA) is 68.0 Å². The molecule has 0 fully saturated rings. The fourth-order valence-electron chi connectivity index (χ4n) is 1.41. The monoisotopic (exact) mass is 347 g/mol. The van der Waals surface area contributed by atoms with E-state index in [-0.39, 0.29) is 35.2 Å². The third-order valence-corrected chi connectivity index (χ3v) is 2.71. The Hall–Kier alpha value is -2.14. The molecule has 0 saturated carbocycles. The lowest BCUT2D eigenvalue weighted by Gasteiger charge is -2.00. The van der Waals surface area contributed by atoms with Crippen molar-refractivity contribution in [3.63, 3.8) is 0 Å². The first-order valence-electron chi connectivity index (χ1n) is 8.93. The van der Waals surface area contributed by atoms with Crippen molar-refractivity contribution in [3.8, 4) is 6.07 Å². The second-order valence-electron chi connectivity index (χ2n) is 3.95. The number of halogens is 3. The van der Waals surface area contributed by atoms with Crippen LogP contribution in [0.2, 0.25) is 5.15 Å². The van der Waals surface area contributed by atoms with E-state index in [0.29, 0.717) is 0 Å². The minimum Gasteiger partial charge on any atom is -0.380 e. The number of rotatable bonds is 4. The number of aromatic nitrogens is 2. The molecule has 0 amide bonds. The van der Waals surface area contributed by atoms with Gasteiger partial charge in [-0.2, -0.15) is 5.26 Å². The van der Waals surface area contributed by atoms with E-state index in [9.17, 15) is 8.78 Å². The maximum atomic E-state index is 12.7. The molecule has 0 unspecified atom stereocenters. The van der Waals surface area contributed by atoms with Gasteiger partial charge in [0.25, 0.3) is 0 Å². The molecule has 0 radical (unpaired) electrons. The number of hydrogen-bond acceptors (Lipinski definition) is 5. The van der Waals surface area contributed by atoms with Crippen molar-refractivity contribution in [1.29, 1.82) is 5.26 Å². The first-order chi connectivity index (χ1) is 13.3. The summed E-state index contributed by atoms with van der Waals surface area (Å²) in [5, 5.41) is 8.65. The number of nitriles is 1. The molecule has 2 aromatic rings. The van der Waals surface area contributed by atoms with Crippen molar-refractivity contribution >= 4 is 11.6 Å². The minimum atomic E-state index is -2.57. The molecule has 0 aliphatic carbocycles. The van der Waals surface area contributed by atoms with Crippen molar-refractivity contribution in [1.82, 2.24) is 9.97 Å². The molecular weight excluding hydrogens is 328 g/mol. The van der Waals surface area contributed by atoms with E-state index in [1.54, 1.807) is 6.07 Å². The summed E-state index contributed by atoms with van der Waals surface area (Å²) in [7, 11) is -5.09. The number of pyridine rings is 2. The average molecular weight is 348 g/mol. The zero-order chi connectivity index (χ0) is 22.2. The zero-order valence-electron chi connectivity index (χ0n) is 17.5. The van der Waals surface area contributed by atoms with Crippen LogP contribution in [0.3, 0.4) is 0 Å². The molecular formula is C15H14ClF2N3O2. The van der Waals surface area contributed by atoms with Crippen molar-refractivity contribution in [2.24, 2.45) is 0 Å². The number of nitrogens with zero attached hydrogens (tertiary/aromatic N) is 3. The average Bonchev–Trinajstić information content (AvgIpc) is 2.60. The van der Waals surface area contributed by atoms with Gasteiger partial charge in [0, 0.05) is 25.2 Å². The van der Waals surface area contributed by atoms with Gasteiger partial charge >= 0.3 is 0 Å². The molecule has 0 atom stereocenters. The zero-order valence-corrected chi connectivity index (χ0v) is 12.3. The van der Waals surface area contributed by atoms with Gasteiger partial charge in [-0.25, -0.2) is 18.7 Å². The first-order valence-corrected chi connectivity index (χ1v) is 6.31. The smallest absolute Gasteiger partial charge is 0.146 e. The van der Waals surface area contributed by atoms with Crippen LogP contribution in [0.4, 0.5) is 8.78 Å². The Morgan fingerprint density at radius 2 is 1.70 bits per heavy atom. The molecule has 23 heavy (non-hydrogen) atoms. The largest absolute Gasteiger partial charge is 0.380 e. The van der Waals surface area contributed by atoms with Crippen LogP contribution < -0.4 is 0 Å². The van der Waals surface area contributed by atoms with Gasteiger partial charge in [-0.1, -0.05) is 11.6 Å². The second-order valence-corrected chi connectivity index (χ2v) is 4.31. The summed E-state index contributed by atoms with van der Waals surface area (Å²) >= 11 is 5.58. The quantitative estimate of drug-likeness (QED) is 0.794. The summed E-state index contributed by atoms with van der Waals surface area (Å²) < 4.78 is 74.9. The fraction of sp³-hybridized carbons (Fsp3) is 0.267. The van der Waals surface area contributed by atoms with E-state index in [2.05, 4.69) is 19.4 Å². The molecule has 5 nitrogen and oxygen atoms in total. The van der Waals surface area contributed by atoms with Crippen LogP contribution >= 0.6 is 11.6 Å². The van der Waals surface area contributed by atoms with Crippen LogP contribution in [-0.4, -0.2) is 24.0 Å². The fourth-order valence-corrected chi connectivity index (χ4v) is 1.57. The molecule has 0 bridgehead atoms. The van der Waals surface area contributed by atoms with Crippen LogP contribution in [0.15, 0.2) is 24.5 Å². The molecule has 0 aromatic carbocycles. The van der Waals surface area contributed by atoms with Crippen LogP contribution in [0.1, 0.15) is 25.0 Å². The highest BCUT2D eigenvalue weighted by Gasteiger charge is 2.04. The Kier molecular flexibility index (Phi) is 4.85. The standard InChI is InChI=1S/C8H7FN2O.C7H7ClFNO/c1-12-5-6-2-7(9)4-11-8(6)3-10;1-11-4-5-2-6(9)3-10-7(5)8/h2,4H,5H2,1H3;2-3H,4H2,1H3/i2*1D3. The van der Waals surface area contributed by atoms with Crippen LogP contribution in [0, 0.1) is 23.0 Å². The maximum absolute atomic E-state index is 12.7. The second kappa shape index (κ2) is 9.79. The molecule has 2 aromatic heterocycles. The van der Waals surface area contributed by atoms with Gasteiger partial charge in [0.1, 0.15) is 28.6 Å². The summed E-state index contributed by atoms with van der Waals surface area (Å²) in [6.07, 6.45) is 1.83. The molecule has 0 N–H and O–H groups in total. The Morgan fingerprint density at radius 1 is 1.13 bits per heavy atom. The Labute approximate surface area is 145 Å². The molecule has 8 heteroatoms. The third-order valence-electron chi connectivity index (χ3n) is 2.37. The predicted octanol–water partition coefficient (Wildman–Crippen LogP) is 3.26. The molecule has 0 saturated heterocycles. The van der Waals surface area contributed by atoms with Crippen LogP contribution in [0.5, 0.6) is 0 Å². The van der Waals surface area contributed by atoms with E-state index in [1.807, 2.05) is 0 Å². The van der Waals surface area contributed by atoms with Crippen molar-refractivity contribution in [3.05, 3.63) is 58.1 Å². The summed E-state index contributed by atoms with van der Waals surface area (Å²) in [5.74, 6) is -1.23. The minimum absolute atomic E-state index is 0.0376. The highest BCUT2D eigenvalue weighted by atomic mass is 35.5. The van der Waals surface area contributed by atoms with E-state index >= 15 is 0 Å². The van der Waals surface area contributed by atoms with E-state index < -0.39 is 25.7 Å². The SMILES string of the molecule is [2H]C([2H])([2H])OCc1cc(F)cnc1C#N.[2H]C([2H])([2H])OCc1cc(F)cnc1Cl. The van der Waals surface area contributed by atoms with Crippen LogP contribution in [0.25, 0.3) is 0 Å². The normalized spacial score (nSPS) is 14.7. The lowest BCUT2D eigenvalue weighted by Crippen LogP contribution is -1.96. The highest BCUT2D eigenvalue weighted by Crippen LogP contribution is 2.14. The van der Waals surface area contributed by atoms with Crippen molar-refractivity contribution in [2.75, 3.05) is 14.1 Å². The predicted molar refractivity (Wildman–Crippen MR) is 79.5 cm³/mol. The Morgan fingerprint density at radius 3 is 2.30 bits per heavy atom. The van der Waals surface area contributed by atoms with Gasteiger partial charge in [0.15, 0.2) is 0 Å². The summed E-state index contributed by atoms with van der Waals surface area (Å²) in [5.41, 5.74) is 0.289. The van der Waals surface area contributed by atoms with Crippen LogP contribution in [-0.2, 0) is 22.7 Å². The molecule has 0 spiro atoms. The summed E-state index contributed by atoms with van der Waals surface area (Å²) in [6.45, 7) is -0.662. The van der Waals surface area contributed by atoms with Gasteiger partial charge in [-0.15, -0.1) is 0 Å². The molecule has 0 aliphatic heterocycles. The lowest BCUT2D eigenvalue weighted by molar-refractivity contribution is 0.184. The third kappa shape index (κ3) is 6.24.